The first kappa shape index (κ1) is 21.8. The van der Waals surface area contributed by atoms with E-state index in [1.807, 2.05) is 35.7 Å². The van der Waals surface area contributed by atoms with Gasteiger partial charge >= 0.3 is 0 Å². The number of hydrogen-bond donors (Lipinski definition) is 1. The molecule has 1 aliphatic carbocycles. The summed E-state index contributed by atoms with van der Waals surface area (Å²) in [7, 11) is 0. The Bertz CT molecular complexity index is 1140. The highest BCUT2D eigenvalue weighted by Crippen LogP contribution is 2.31. The molecule has 31 heavy (non-hydrogen) atoms. The van der Waals surface area contributed by atoms with Crippen LogP contribution in [0.4, 0.5) is 5.13 Å². The molecule has 0 saturated heterocycles. The lowest BCUT2D eigenvalue weighted by molar-refractivity contribution is -0.115. The van der Waals surface area contributed by atoms with E-state index in [1.165, 1.54) is 35.1 Å². The molecule has 0 fully saturated rings. The number of thiazole rings is 1. The second kappa shape index (κ2) is 10.3. The number of carbonyl (C=O) groups is 1. The minimum Gasteiger partial charge on any atom is -0.302 e. The average molecular weight is 469 g/mol. The molecule has 0 atom stereocenters. The highest BCUT2D eigenvalue weighted by atomic mass is 35.5. The zero-order valence-electron chi connectivity index (χ0n) is 16.9. The second-order valence-corrected chi connectivity index (χ2v) is 9.63. The van der Waals surface area contributed by atoms with Crippen molar-refractivity contribution in [2.75, 3.05) is 11.1 Å². The third-order valence-electron chi connectivity index (χ3n) is 5.10. The minimum absolute atomic E-state index is 0.110. The van der Waals surface area contributed by atoms with Crippen molar-refractivity contribution in [3.63, 3.8) is 0 Å². The Balaban J connectivity index is 1.34. The van der Waals surface area contributed by atoms with E-state index in [9.17, 15) is 10.1 Å². The third-order valence-corrected chi connectivity index (χ3v) is 7.18. The van der Waals surface area contributed by atoms with Crippen molar-refractivity contribution in [2.45, 2.75) is 43.6 Å². The summed E-state index contributed by atoms with van der Waals surface area (Å²) < 4.78 is 0. The molecule has 1 aromatic carbocycles. The van der Waals surface area contributed by atoms with Crippen molar-refractivity contribution in [1.29, 1.82) is 5.26 Å². The van der Waals surface area contributed by atoms with Gasteiger partial charge in [0.05, 0.1) is 11.3 Å². The van der Waals surface area contributed by atoms with Gasteiger partial charge in [-0.3, -0.25) is 4.79 Å². The number of amides is 1. The fourth-order valence-corrected chi connectivity index (χ4v) is 5.40. The highest BCUT2D eigenvalue weighted by molar-refractivity contribution is 7.99. The number of benzene rings is 1. The molecule has 2 heterocycles. The number of nitrogens with zero attached hydrogens (tertiary/aromatic N) is 3. The summed E-state index contributed by atoms with van der Waals surface area (Å²) in [5.74, 6) is 0.440. The van der Waals surface area contributed by atoms with Gasteiger partial charge in [-0.15, -0.1) is 23.1 Å². The molecule has 158 valence electrons. The molecule has 2 aromatic heterocycles. The standard InChI is InChI=1S/C23H21ClN4OS2/c24-18-8-5-4-7-17(18)20-14-31-23(27-20)28-21(29)10-11-30-22-16(13-25)12-15-6-2-1-3-9-19(15)26-22/h4-5,7-8,12,14H,1-3,6,9-11H2,(H,27,28,29). The van der Waals surface area contributed by atoms with Gasteiger partial charge in [0.2, 0.25) is 5.91 Å². The van der Waals surface area contributed by atoms with E-state index in [2.05, 4.69) is 16.4 Å². The number of aromatic nitrogens is 2. The van der Waals surface area contributed by atoms with Gasteiger partial charge in [-0.25, -0.2) is 9.97 Å². The number of hydrogen-bond acceptors (Lipinski definition) is 6. The Labute approximate surface area is 194 Å². The van der Waals surface area contributed by atoms with Crippen LogP contribution in [0.3, 0.4) is 0 Å². The maximum atomic E-state index is 12.4. The quantitative estimate of drug-likeness (QED) is 0.348. The number of fused-ring (bicyclic) bond motifs is 1. The molecule has 8 heteroatoms. The Morgan fingerprint density at radius 3 is 2.90 bits per heavy atom. The number of anilines is 1. The van der Waals surface area contributed by atoms with Crippen molar-refractivity contribution in [2.24, 2.45) is 0 Å². The summed E-state index contributed by atoms with van der Waals surface area (Å²) in [5.41, 5.74) is 4.51. The number of thioether (sulfide) groups is 1. The molecule has 3 aromatic rings. The number of halogens is 1. The fraction of sp³-hybridized carbons (Fsp3) is 0.304. The van der Waals surface area contributed by atoms with E-state index < -0.39 is 0 Å². The van der Waals surface area contributed by atoms with Gasteiger partial charge in [-0.1, -0.05) is 36.2 Å². The zero-order chi connectivity index (χ0) is 21.6. The molecule has 1 aliphatic rings. The Kier molecular flexibility index (Phi) is 7.23. The lowest BCUT2D eigenvalue weighted by Crippen LogP contribution is -2.12. The Hall–Kier alpha value is -2.40. The number of nitrogens with one attached hydrogen (secondary N) is 1. The molecule has 0 bridgehead atoms. The maximum Gasteiger partial charge on any atom is 0.226 e. The maximum absolute atomic E-state index is 12.4. The molecule has 5 nitrogen and oxygen atoms in total. The van der Waals surface area contributed by atoms with Crippen molar-refractivity contribution in [3.8, 4) is 17.3 Å². The van der Waals surface area contributed by atoms with E-state index in [0.29, 0.717) is 27.9 Å². The van der Waals surface area contributed by atoms with E-state index >= 15 is 0 Å². The van der Waals surface area contributed by atoms with Gasteiger partial charge in [-0.05, 0) is 43.4 Å². The number of nitriles is 1. The van der Waals surface area contributed by atoms with Crippen LogP contribution in [0, 0.1) is 11.3 Å². The molecular formula is C23H21ClN4OS2. The van der Waals surface area contributed by atoms with Crippen LogP contribution in [0.2, 0.25) is 5.02 Å². The smallest absolute Gasteiger partial charge is 0.226 e. The lowest BCUT2D eigenvalue weighted by Gasteiger charge is -2.09. The van der Waals surface area contributed by atoms with Crippen LogP contribution >= 0.6 is 34.7 Å². The number of rotatable bonds is 6. The number of carbonyl (C=O) groups excluding carboxylic acids is 1. The molecule has 1 amide bonds. The SMILES string of the molecule is N#Cc1cc2c(nc1SCCC(=O)Nc1nc(-c3ccccc3Cl)cs1)CCCCC2. The lowest BCUT2D eigenvalue weighted by atomic mass is 10.1. The van der Waals surface area contributed by atoms with Gasteiger partial charge in [0, 0.05) is 33.8 Å². The molecule has 4 rings (SSSR count). The molecule has 0 aliphatic heterocycles. The first-order valence-electron chi connectivity index (χ1n) is 10.2. The molecule has 0 saturated carbocycles. The van der Waals surface area contributed by atoms with Crippen molar-refractivity contribution in [3.05, 3.63) is 57.6 Å². The second-order valence-electron chi connectivity index (χ2n) is 7.28. The molecular weight excluding hydrogens is 448 g/mol. The minimum atomic E-state index is -0.110. The van der Waals surface area contributed by atoms with Crippen LogP contribution in [0.5, 0.6) is 0 Å². The predicted molar refractivity (Wildman–Crippen MR) is 127 cm³/mol. The van der Waals surface area contributed by atoms with Crippen LogP contribution in [0.25, 0.3) is 11.3 Å². The van der Waals surface area contributed by atoms with Gasteiger partial charge < -0.3 is 5.32 Å². The number of aryl methyl sites for hydroxylation is 2. The van der Waals surface area contributed by atoms with E-state index in [4.69, 9.17) is 16.6 Å². The van der Waals surface area contributed by atoms with E-state index in [-0.39, 0.29) is 5.91 Å². The molecule has 1 N–H and O–H groups in total. The van der Waals surface area contributed by atoms with Gasteiger partial charge in [-0.2, -0.15) is 5.26 Å². The first-order valence-corrected chi connectivity index (χ1v) is 12.4. The summed E-state index contributed by atoms with van der Waals surface area (Å²) in [4.78, 5) is 21.6. The summed E-state index contributed by atoms with van der Waals surface area (Å²) in [6, 6.07) is 11.7. The molecule has 0 radical (unpaired) electrons. The molecule has 0 unspecified atom stereocenters. The van der Waals surface area contributed by atoms with E-state index in [1.54, 1.807) is 0 Å². The largest absolute Gasteiger partial charge is 0.302 e. The van der Waals surface area contributed by atoms with Crippen LogP contribution in [-0.2, 0) is 17.6 Å². The van der Waals surface area contributed by atoms with Gasteiger partial charge in [0.1, 0.15) is 11.1 Å². The van der Waals surface area contributed by atoms with Gasteiger partial charge in [0.15, 0.2) is 5.13 Å². The average Bonchev–Trinajstić information content (AvgIpc) is 3.10. The number of pyridine rings is 1. The zero-order valence-corrected chi connectivity index (χ0v) is 19.2. The van der Waals surface area contributed by atoms with Crippen molar-refractivity contribution in [1.82, 2.24) is 9.97 Å². The van der Waals surface area contributed by atoms with Crippen LogP contribution in [0.1, 0.15) is 42.5 Å². The summed E-state index contributed by atoms with van der Waals surface area (Å²) in [5, 5.41) is 16.1. The topological polar surface area (TPSA) is 78.7 Å². The van der Waals surface area contributed by atoms with Crippen molar-refractivity contribution < 1.29 is 4.79 Å². The van der Waals surface area contributed by atoms with Gasteiger partial charge in [0.25, 0.3) is 0 Å². The normalized spacial score (nSPS) is 13.2. The summed E-state index contributed by atoms with van der Waals surface area (Å²) >= 11 is 9.06. The third kappa shape index (κ3) is 5.45. The first-order chi connectivity index (χ1) is 15.1. The van der Waals surface area contributed by atoms with Crippen LogP contribution in [-0.4, -0.2) is 21.6 Å². The van der Waals surface area contributed by atoms with Crippen LogP contribution < -0.4 is 5.32 Å². The monoisotopic (exact) mass is 468 g/mol. The van der Waals surface area contributed by atoms with E-state index in [0.717, 1.165) is 47.7 Å². The predicted octanol–water partition coefficient (Wildman–Crippen LogP) is 6.12. The van der Waals surface area contributed by atoms with Crippen LogP contribution in [0.15, 0.2) is 40.7 Å². The molecule has 0 spiro atoms. The Morgan fingerprint density at radius 2 is 2.06 bits per heavy atom. The summed E-state index contributed by atoms with van der Waals surface area (Å²) in [6.07, 6.45) is 5.77. The Morgan fingerprint density at radius 1 is 1.23 bits per heavy atom. The fourth-order valence-electron chi connectivity index (χ4n) is 3.53. The summed E-state index contributed by atoms with van der Waals surface area (Å²) in [6.45, 7) is 0. The van der Waals surface area contributed by atoms with Crippen molar-refractivity contribution >= 4 is 45.7 Å². The highest BCUT2D eigenvalue weighted by Gasteiger charge is 2.15.